The van der Waals surface area contributed by atoms with Gasteiger partial charge < -0.3 is 15.5 Å². The molecule has 0 heterocycles. The van der Waals surface area contributed by atoms with Gasteiger partial charge in [0.1, 0.15) is 5.75 Å². The van der Waals surface area contributed by atoms with E-state index in [-0.39, 0.29) is 18.4 Å². The van der Waals surface area contributed by atoms with Crippen LogP contribution in [0.25, 0.3) is 0 Å². The highest BCUT2D eigenvalue weighted by Crippen LogP contribution is 2.21. The van der Waals surface area contributed by atoms with E-state index in [1.165, 1.54) is 0 Å². The first-order chi connectivity index (χ1) is 8.69. The van der Waals surface area contributed by atoms with Crippen LogP contribution in [0, 0.1) is 0 Å². The fourth-order valence-corrected chi connectivity index (χ4v) is 1.80. The van der Waals surface area contributed by atoms with Gasteiger partial charge in [-0.2, -0.15) is 0 Å². The van der Waals surface area contributed by atoms with Crippen LogP contribution in [0.15, 0.2) is 48.5 Å². The van der Waals surface area contributed by atoms with Crippen molar-refractivity contribution >= 4 is 5.69 Å². The number of aliphatic hydroxyl groups excluding tert-OH is 1. The topological polar surface area (TPSA) is 52.5 Å². The highest BCUT2D eigenvalue weighted by atomic mass is 16.3. The number of phenols is 1. The molecule has 1 atom stereocenters. The molecule has 3 N–H and O–H groups in total. The van der Waals surface area contributed by atoms with Crippen molar-refractivity contribution in [2.24, 2.45) is 0 Å². The quantitative estimate of drug-likeness (QED) is 0.773. The molecule has 0 aliphatic carbocycles. The minimum Gasteiger partial charge on any atom is -0.508 e. The van der Waals surface area contributed by atoms with Gasteiger partial charge in [-0.15, -0.1) is 0 Å². The van der Waals surface area contributed by atoms with E-state index in [2.05, 4.69) is 12.2 Å². The van der Waals surface area contributed by atoms with Crippen LogP contribution in [-0.4, -0.2) is 10.2 Å². The lowest BCUT2D eigenvalue weighted by molar-refractivity contribution is 0.282. The first kappa shape index (κ1) is 12.5. The van der Waals surface area contributed by atoms with Crippen LogP contribution in [0.3, 0.4) is 0 Å². The summed E-state index contributed by atoms with van der Waals surface area (Å²) in [7, 11) is 0. The Morgan fingerprint density at radius 1 is 1.00 bits per heavy atom. The van der Waals surface area contributed by atoms with Crippen molar-refractivity contribution < 1.29 is 10.2 Å². The third-order valence-electron chi connectivity index (χ3n) is 2.91. The molecule has 2 rings (SSSR count). The van der Waals surface area contributed by atoms with Crippen molar-refractivity contribution in [3.63, 3.8) is 0 Å². The molecular formula is C15H17NO2. The molecule has 2 aromatic carbocycles. The number of phenolic OH excluding ortho intramolecular Hbond substituents is 1. The van der Waals surface area contributed by atoms with Crippen molar-refractivity contribution in [3.05, 3.63) is 59.7 Å². The highest BCUT2D eigenvalue weighted by molar-refractivity contribution is 5.46. The number of anilines is 1. The number of aliphatic hydroxyl groups is 1. The first-order valence-electron chi connectivity index (χ1n) is 5.94. The summed E-state index contributed by atoms with van der Waals surface area (Å²) in [5.74, 6) is 0.276. The monoisotopic (exact) mass is 243 g/mol. The van der Waals surface area contributed by atoms with Crippen LogP contribution in [-0.2, 0) is 6.61 Å². The Balaban J connectivity index is 2.05. The molecule has 18 heavy (non-hydrogen) atoms. The smallest absolute Gasteiger partial charge is 0.115 e. The van der Waals surface area contributed by atoms with Crippen LogP contribution < -0.4 is 5.32 Å². The van der Waals surface area contributed by atoms with Crippen LogP contribution in [0.4, 0.5) is 5.69 Å². The Kier molecular flexibility index (Phi) is 3.85. The van der Waals surface area contributed by atoms with Gasteiger partial charge in [0.15, 0.2) is 0 Å². The summed E-state index contributed by atoms with van der Waals surface area (Å²) in [5, 5.41) is 21.6. The van der Waals surface area contributed by atoms with Crippen molar-refractivity contribution in [1.82, 2.24) is 0 Å². The summed E-state index contributed by atoms with van der Waals surface area (Å²) in [6, 6.07) is 15.0. The third kappa shape index (κ3) is 3.02. The molecule has 0 radical (unpaired) electrons. The van der Waals surface area contributed by atoms with Crippen molar-refractivity contribution in [2.45, 2.75) is 19.6 Å². The molecule has 0 spiro atoms. The maximum Gasteiger partial charge on any atom is 0.115 e. The maximum absolute atomic E-state index is 9.24. The fourth-order valence-electron chi connectivity index (χ4n) is 1.80. The van der Waals surface area contributed by atoms with E-state index in [4.69, 9.17) is 5.11 Å². The second kappa shape index (κ2) is 5.56. The van der Waals surface area contributed by atoms with Gasteiger partial charge in [0.05, 0.1) is 6.61 Å². The zero-order valence-electron chi connectivity index (χ0n) is 10.3. The van der Waals surface area contributed by atoms with Crippen molar-refractivity contribution in [2.75, 3.05) is 5.32 Å². The van der Waals surface area contributed by atoms with Gasteiger partial charge in [0.25, 0.3) is 0 Å². The summed E-state index contributed by atoms with van der Waals surface area (Å²) >= 11 is 0. The number of rotatable bonds is 4. The van der Waals surface area contributed by atoms with Crippen LogP contribution in [0.1, 0.15) is 24.1 Å². The average molecular weight is 243 g/mol. The summed E-state index contributed by atoms with van der Waals surface area (Å²) < 4.78 is 0. The van der Waals surface area contributed by atoms with E-state index in [9.17, 15) is 5.11 Å². The largest absolute Gasteiger partial charge is 0.508 e. The molecule has 0 fully saturated rings. The lowest BCUT2D eigenvalue weighted by Gasteiger charge is -2.16. The SMILES string of the molecule is CC(Nc1ccc(CO)cc1)c1ccc(O)cc1. The van der Waals surface area contributed by atoms with Gasteiger partial charge in [-0.25, -0.2) is 0 Å². The molecule has 0 aliphatic heterocycles. The molecule has 0 saturated carbocycles. The van der Waals surface area contributed by atoms with E-state index in [1.807, 2.05) is 36.4 Å². The second-order valence-electron chi connectivity index (χ2n) is 4.31. The average Bonchev–Trinajstić information content (AvgIpc) is 2.40. The maximum atomic E-state index is 9.24. The Morgan fingerprint density at radius 3 is 2.17 bits per heavy atom. The minimum atomic E-state index is 0.0633. The first-order valence-corrected chi connectivity index (χ1v) is 5.94. The molecule has 0 saturated heterocycles. The summed E-state index contributed by atoms with van der Waals surface area (Å²) in [5.41, 5.74) is 3.02. The summed E-state index contributed by atoms with van der Waals surface area (Å²) in [6.45, 7) is 2.13. The second-order valence-corrected chi connectivity index (χ2v) is 4.31. The van der Waals surface area contributed by atoms with Gasteiger partial charge in [0, 0.05) is 11.7 Å². The molecule has 2 aromatic rings. The van der Waals surface area contributed by atoms with Crippen molar-refractivity contribution in [3.8, 4) is 5.75 Å². The van der Waals surface area contributed by atoms with Crippen LogP contribution in [0.5, 0.6) is 5.75 Å². The standard InChI is InChI=1S/C15H17NO2/c1-11(13-4-8-15(18)9-5-13)16-14-6-2-12(10-17)3-7-14/h2-9,11,16-18H,10H2,1H3. The zero-order chi connectivity index (χ0) is 13.0. The van der Waals surface area contributed by atoms with E-state index in [1.54, 1.807) is 12.1 Å². The van der Waals surface area contributed by atoms with Gasteiger partial charge >= 0.3 is 0 Å². The lowest BCUT2D eigenvalue weighted by atomic mass is 10.1. The molecule has 1 unspecified atom stereocenters. The van der Waals surface area contributed by atoms with Gasteiger partial charge in [-0.05, 0) is 42.3 Å². The highest BCUT2D eigenvalue weighted by Gasteiger charge is 2.05. The fraction of sp³-hybridized carbons (Fsp3) is 0.200. The van der Waals surface area contributed by atoms with Gasteiger partial charge in [-0.3, -0.25) is 0 Å². The van der Waals surface area contributed by atoms with E-state index in [0.29, 0.717) is 0 Å². The predicted molar refractivity (Wildman–Crippen MR) is 72.5 cm³/mol. The number of benzene rings is 2. The van der Waals surface area contributed by atoms with Crippen LogP contribution >= 0.6 is 0 Å². The van der Waals surface area contributed by atoms with E-state index >= 15 is 0 Å². The number of hydrogen-bond donors (Lipinski definition) is 3. The number of nitrogens with one attached hydrogen (secondary N) is 1. The van der Waals surface area contributed by atoms with Gasteiger partial charge in [-0.1, -0.05) is 24.3 Å². The molecule has 0 bridgehead atoms. The Morgan fingerprint density at radius 2 is 1.61 bits per heavy atom. The molecule has 3 heteroatoms. The molecule has 94 valence electrons. The molecule has 0 aliphatic rings. The number of aromatic hydroxyl groups is 1. The summed E-state index contributed by atoms with van der Waals surface area (Å²) in [4.78, 5) is 0. The zero-order valence-corrected chi connectivity index (χ0v) is 10.3. The molecule has 0 aromatic heterocycles. The molecule has 3 nitrogen and oxygen atoms in total. The van der Waals surface area contributed by atoms with E-state index in [0.717, 1.165) is 16.8 Å². The number of hydrogen-bond acceptors (Lipinski definition) is 3. The summed E-state index contributed by atoms with van der Waals surface area (Å²) in [6.07, 6.45) is 0. The van der Waals surface area contributed by atoms with E-state index < -0.39 is 0 Å². The minimum absolute atomic E-state index is 0.0633. The Hall–Kier alpha value is -2.00. The Bertz CT molecular complexity index is 491. The normalized spacial score (nSPS) is 12.1. The molecular weight excluding hydrogens is 226 g/mol. The molecule has 0 amide bonds. The van der Waals surface area contributed by atoms with Crippen molar-refractivity contribution in [1.29, 1.82) is 0 Å². The Labute approximate surface area is 107 Å². The third-order valence-corrected chi connectivity index (χ3v) is 2.91. The predicted octanol–water partition coefficient (Wildman–Crippen LogP) is 3.06. The van der Waals surface area contributed by atoms with Gasteiger partial charge in [0.2, 0.25) is 0 Å². The lowest BCUT2D eigenvalue weighted by Crippen LogP contribution is -2.06. The van der Waals surface area contributed by atoms with Crippen LogP contribution in [0.2, 0.25) is 0 Å².